The molecule has 28 heavy (non-hydrogen) atoms. The molecular weight excluding hydrogens is 344 g/mol. The van der Waals surface area contributed by atoms with Gasteiger partial charge in [-0.25, -0.2) is 0 Å². The second-order valence-electron chi connectivity index (χ2n) is 7.60. The number of fused-ring (bicyclic) bond motifs is 1. The lowest BCUT2D eigenvalue weighted by Gasteiger charge is -2.33. The number of hydrazone groups is 1. The Hall–Kier alpha value is -2.85. The van der Waals surface area contributed by atoms with E-state index >= 15 is 0 Å². The van der Waals surface area contributed by atoms with Gasteiger partial charge in [-0.05, 0) is 34.0 Å². The molecule has 4 rings (SSSR count). The maximum Gasteiger partial charge on any atom is 0.0542 e. The van der Waals surface area contributed by atoms with E-state index in [1.54, 1.807) is 0 Å². The van der Waals surface area contributed by atoms with Crippen molar-refractivity contribution in [3.05, 3.63) is 77.9 Å². The second kappa shape index (κ2) is 8.44. The van der Waals surface area contributed by atoms with E-state index in [9.17, 15) is 0 Å². The van der Waals surface area contributed by atoms with E-state index in [2.05, 4.69) is 101 Å². The first-order valence-corrected chi connectivity index (χ1v) is 9.94. The summed E-state index contributed by atoms with van der Waals surface area (Å²) in [5, 5.41) is 9.56. The van der Waals surface area contributed by atoms with E-state index in [0.717, 1.165) is 38.3 Å². The molecule has 1 aliphatic rings. The normalized spacial score (nSPS) is 15.4. The van der Waals surface area contributed by atoms with Gasteiger partial charge in [0.05, 0.1) is 6.21 Å². The molecule has 1 fully saturated rings. The van der Waals surface area contributed by atoms with Crippen LogP contribution in [0.3, 0.4) is 0 Å². The molecule has 3 aromatic carbocycles. The lowest BCUT2D eigenvalue weighted by molar-refractivity contribution is 0.131. The quantitative estimate of drug-likeness (QED) is 0.631. The fourth-order valence-corrected chi connectivity index (χ4v) is 3.69. The molecule has 144 valence electrons. The molecule has 0 atom stereocenters. The Bertz CT molecular complexity index is 933. The summed E-state index contributed by atoms with van der Waals surface area (Å²) in [6.07, 6.45) is 1.97. The zero-order valence-electron chi connectivity index (χ0n) is 16.8. The summed E-state index contributed by atoms with van der Waals surface area (Å²) in [5.41, 5.74) is 3.76. The number of benzene rings is 3. The van der Waals surface area contributed by atoms with Gasteiger partial charge in [0.2, 0.25) is 0 Å². The molecule has 0 aliphatic carbocycles. The van der Waals surface area contributed by atoms with Crippen molar-refractivity contribution in [2.75, 3.05) is 45.2 Å². The van der Waals surface area contributed by atoms with Crippen LogP contribution in [-0.4, -0.2) is 56.4 Å². The molecule has 0 amide bonds. The van der Waals surface area contributed by atoms with Gasteiger partial charge in [0, 0.05) is 52.5 Å². The third kappa shape index (κ3) is 4.34. The summed E-state index contributed by atoms with van der Waals surface area (Å²) in [5.74, 6) is 0. The van der Waals surface area contributed by atoms with E-state index in [-0.39, 0.29) is 0 Å². The fourth-order valence-electron chi connectivity index (χ4n) is 3.69. The standard InChI is InChI=1S/C24H28N4/c1-26(2)23-12-10-20(11-13-23)18-25-28-16-14-27(15-17-28)19-22-8-5-7-21-6-3-4-9-24(21)22/h3-13,18H,14-17,19H2,1-2H3. The van der Waals surface area contributed by atoms with E-state index in [0.29, 0.717) is 0 Å². The van der Waals surface area contributed by atoms with Gasteiger partial charge in [0.25, 0.3) is 0 Å². The number of hydrogen-bond donors (Lipinski definition) is 0. The fraction of sp³-hybridized carbons (Fsp3) is 0.292. The smallest absolute Gasteiger partial charge is 0.0542 e. The minimum absolute atomic E-state index is 0.969. The van der Waals surface area contributed by atoms with Crippen LogP contribution < -0.4 is 4.90 Å². The first kappa shape index (κ1) is 18.5. The third-order valence-electron chi connectivity index (χ3n) is 5.40. The van der Waals surface area contributed by atoms with Crippen LogP contribution in [0.25, 0.3) is 10.8 Å². The van der Waals surface area contributed by atoms with E-state index in [1.807, 2.05) is 6.21 Å². The van der Waals surface area contributed by atoms with Crippen molar-refractivity contribution in [1.82, 2.24) is 9.91 Å². The summed E-state index contributed by atoms with van der Waals surface area (Å²) in [6.45, 7) is 5.03. The molecule has 0 aromatic heterocycles. The Kier molecular flexibility index (Phi) is 5.58. The van der Waals surface area contributed by atoms with Gasteiger partial charge in [-0.1, -0.05) is 54.6 Å². The van der Waals surface area contributed by atoms with E-state index < -0.39 is 0 Å². The van der Waals surface area contributed by atoms with Gasteiger partial charge >= 0.3 is 0 Å². The molecule has 4 nitrogen and oxygen atoms in total. The van der Waals surface area contributed by atoms with Crippen LogP contribution >= 0.6 is 0 Å². The molecule has 0 N–H and O–H groups in total. The highest BCUT2D eigenvalue weighted by Crippen LogP contribution is 2.20. The van der Waals surface area contributed by atoms with Crippen LogP contribution in [0.4, 0.5) is 5.69 Å². The second-order valence-corrected chi connectivity index (χ2v) is 7.60. The van der Waals surface area contributed by atoms with Crippen LogP contribution in [0.2, 0.25) is 0 Å². The van der Waals surface area contributed by atoms with Crippen LogP contribution in [0.15, 0.2) is 71.8 Å². The minimum Gasteiger partial charge on any atom is -0.378 e. The zero-order valence-corrected chi connectivity index (χ0v) is 16.8. The molecule has 0 radical (unpaired) electrons. The number of hydrogen-bond acceptors (Lipinski definition) is 4. The maximum absolute atomic E-state index is 4.69. The molecule has 0 saturated carbocycles. The van der Waals surface area contributed by atoms with Crippen molar-refractivity contribution in [1.29, 1.82) is 0 Å². The topological polar surface area (TPSA) is 22.1 Å². The monoisotopic (exact) mass is 372 g/mol. The molecule has 0 bridgehead atoms. The molecule has 0 spiro atoms. The average molecular weight is 373 g/mol. The van der Waals surface area contributed by atoms with Gasteiger partial charge in [0.15, 0.2) is 0 Å². The lowest BCUT2D eigenvalue weighted by atomic mass is 10.0. The largest absolute Gasteiger partial charge is 0.378 e. The molecular formula is C24H28N4. The highest BCUT2D eigenvalue weighted by molar-refractivity contribution is 5.85. The predicted octanol–water partition coefficient (Wildman–Crippen LogP) is 4.06. The summed E-state index contributed by atoms with van der Waals surface area (Å²) < 4.78 is 0. The summed E-state index contributed by atoms with van der Waals surface area (Å²) in [4.78, 5) is 4.63. The van der Waals surface area contributed by atoms with Gasteiger partial charge in [0.1, 0.15) is 0 Å². The maximum atomic E-state index is 4.69. The van der Waals surface area contributed by atoms with Crippen molar-refractivity contribution in [2.24, 2.45) is 5.10 Å². The first-order chi connectivity index (χ1) is 13.7. The van der Waals surface area contributed by atoms with Crippen molar-refractivity contribution in [3.63, 3.8) is 0 Å². The highest BCUT2D eigenvalue weighted by atomic mass is 15.5. The number of nitrogens with zero attached hydrogens (tertiary/aromatic N) is 4. The Morgan fingerprint density at radius 3 is 2.32 bits per heavy atom. The third-order valence-corrected chi connectivity index (χ3v) is 5.40. The van der Waals surface area contributed by atoms with Crippen LogP contribution in [0.5, 0.6) is 0 Å². The van der Waals surface area contributed by atoms with Gasteiger partial charge in [-0.3, -0.25) is 9.91 Å². The Labute approximate surface area is 167 Å². The molecule has 1 aliphatic heterocycles. The van der Waals surface area contributed by atoms with Crippen LogP contribution in [0, 0.1) is 0 Å². The van der Waals surface area contributed by atoms with Crippen LogP contribution in [-0.2, 0) is 6.54 Å². The molecule has 0 unspecified atom stereocenters. The van der Waals surface area contributed by atoms with Crippen molar-refractivity contribution < 1.29 is 0 Å². The average Bonchev–Trinajstić information content (AvgIpc) is 2.74. The first-order valence-electron chi connectivity index (χ1n) is 9.94. The summed E-state index contributed by atoms with van der Waals surface area (Å²) in [7, 11) is 4.11. The van der Waals surface area contributed by atoms with Crippen molar-refractivity contribution >= 4 is 22.7 Å². The van der Waals surface area contributed by atoms with E-state index in [4.69, 9.17) is 0 Å². The SMILES string of the molecule is CN(C)c1ccc(C=NN2CCN(Cc3cccc4ccccc34)CC2)cc1. The lowest BCUT2D eigenvalue weighted by Crippen LogP contribution is -2.43. The summed E-state index contributed by atoms with van der Waals surface area (Å²) >= 11 is 0. The molecule has 4 heteroatoms. The van der Waals surface area contributed by atoms with Crippen molar-refractivity contribution in [3.8, 4) is 0 Å². The van der Waals surface area contributed by atoms with Crippen LogP contribution in [0.1, 0.15) is 11.1 Å². The number of piperazine rings is 1. The van der Waals surface area contributed by atoms with E-state index in [1.165, 1.54) is 22.0 Å². The van der Waals surface area contributed by atoms with Crippen molar-refractivity contribution in [2.45, 2.75) is 6.54 Å². The number of rotatable bonds is 5. The highest BCUT2D eigenvalue weighted by Gasteiger charge is 2.16. The van der Waals surface area contributed by atoms with Gasteiger partial charge in [-0.2, -0.15) is 5.10 Å². The number of anilines is 1. The Balaban J connectivity index is 1.33. The minimum atomic E-state index is 0.969. The Morgan fingerprint density at radius 1 is 0.857 bits per heavy atom. The molecule has 1 saturated heterocycles. The summed E-state index contributed by atoms with van der Waals surface area (Å²) in [6, 6.07) is 23.8. The van der Waals surface area contributed by atoms with Gasteiger partial charge < -0.3 is 4.90 Å². The van der Waals surface area contributed by atoms with Gasteiger partial charge in [-0.15, -0.1) is 0 Å². The zero-order chi connectivity index (χ0) is 19.3. The molecule has 1 heterocycles. The predicted molar refractivity (Wildman–Crippen MR) is 119 cm³/mol. The molecule has 3 aromatic rings. The Morgan fingerprint density at radius 2 is 1.57 bits per heavy atom.